The highest BCUT2D eigenvalue weighted by atomic mass is 14.6. The van der Waals surface area contributed by atoms with Gasteiger partial charge in [-0.25, -0.2) is 0 Å². The molecule has 334 valence electrons. The quantitative estimate of drug-likeness (QED) is 0.154. The van der Waals surface area contributed by atoms with Crippen molar-refractivity contribution in [1.82, 2.24) is 0 Å². The van der Waals surface area contributed by atoms with Crippen LogP contribution in [-0.2, 0) is 0 Å². The summed E-state index contributed by atoms with van der Waals surface area (Å²) in [6, 6.07) is 0. The van der Waals surface area contributed by atoms with Crippen molar-refractivity contribution < 1.29 is 0 Å². The molecule has 3 aliphatic rings. The lowest BCUT2D eigenvalue weighted by Crippen LogP contribution is -2.29. The van der Waals surface area contributed by atoms with Crippen LogP contribution >= 0.6 is 0 Å². The van der Waals surface area contributed by atoms with Crippen LogP contribution in [0.25, 0.3) is 0 Å². The van der Waals surface area contributed by atoms with Gasteiger partial charge in [-0.2, -0.15) is 0 Å². The number of hydrogen-bond acceptors (Lipinski definition) is 0. The second-order valence-corrected chi connectivity index (χ2v) is 24.0. The largest absolute Gasteiger partial charge is 0.0998 e. The minimum Gasteiger partial charge on any atom is -0.0998 e. The van der Waals surface area contributed by atoms with E-state index in [0.717, 1.165) is 107 Å². The molecule has 0 heteroatoms. The summed E-state index contributed by atoms with van der Waals surface area (Å²) < 4.78 is 0. The molecule has 3 rings (SSSR count). The fraction of sp³-hybridized carbons (Fsp3) is 0.860. The van der Waals surface area contributed by atoms with Crippen molar-refractivity contribution in [3.63, 3.8) is 0 Å². The summed E-state index contributed by atoms with van der Waals surface area (Å²) in [5.41, 5.74) is 9.62. The number of hydrogen-bond donors (Lipinski definition) is 0. The first kappa shape index (κ1) is 54.0. The zero-order chi connectivity index (χ0) is 44.9. The Morgan fingerprint density at radius 2 is 0.491 bits per heavy atom. The van der Waals surface area contributed by atoms with Gasteiger partial charge in [0.1, 0.15) is 0 Å². The van der Waals surface area contributed by atoms with E-state index < -0.39 is 0 Å². The Morgan fingerprint density at radius 3 is 0.596 bits per heavy atom. The molecule has 0 amide bonds. The molecule has 0 N–H and O–H groups in total. The SMILES string of the molecule is C=C(C)C1[C@@H](C(C)C)C(C(C)C)[C@@H](C(C)C)[C@H]1C(C)C.C=C(C)C1[C@H](C(C)C)C(C(C)C)[C@H](C(C)C)[C@@H]1C(C)C.CC(C)C1=C(C(C)C)C(C(C)C)=C(C(C)C)C1. The van der Waals surface area contributed by atoms with E-state index in [0.29, 0.717) is 23.7 Å². The molecule has 0 spiro atoms. The van der Waals surface area contributed by atoms with E-state index in [-0.39, 0.29) is 0 Å². The molecule has 57 heavy (non-hydrogen) atoms. The molecule has 4 unspecified atom stereocenters. The highest BCUT2D eigenvalue weighted by Crippen LogP contribution is 2.60. The van der Waals surface area contributed by atoms with Crippen LogP contribution in [0.2, 0.25) is 0 Å². The van der Waals surface area contributed by atoms with Crippen LogP contribution < -0.4 is 0 Å². The van der Waals surface area contributed by atoms with Crippen molar-refractivity contribution in [3.05, 3.63) is 46.6 Å². The summed E-state index contributed by atoms with van der Waals surface area (Å²) in [5, 5.41) is 0. The van der Waals surface area contributed by atoms with Gasteiger partial charge in [-0.05, 0) is 162 Å². The first-order valence-corrected chi connectivity index (χ1v) is 24.8. The molecular weight excluding hydrogens is 685 g/mol. The Labute approximate surface area is 361 Å². The van der Waals surface area contributed by atoms with E-state index in [1.54, 1.807) is 22.3 Å². The summed E-state index contributed by atoms with van der Waals surface area (Å²) in [6.07, 6.45) is 1.23. The maximum absolute atomic E-state index is 4.39. The van der Waals surface area contributed by atoms with Gasteiger partial charge in [0.25, 0.3) is 0 Å². The summed E-state index contributed by atoms with van der Waals surface area (Å²) in [4.78, 5) is 0. The summed E-state index contributed by atoms with van der Waals surface area (Å²) in [7, 11) is 0. The minimum absolute atomic E-state index is 0.668. The van der Waals surface area contributed by atoms with Gasteiger partial charge in [-0.3, -0.25) is 0 Å². The normalized spacial score (nSPS) is 29.6. The van der Waals surface area contributed by atoms with Gasteiger partial charge in [-0.1, -0.05) is 202 Å². The summed E-state index contributed by atoms with van der Waals surface area (Å²) >= 11 is 0. The molecule has 3 aliphatic carbocycles. The van der Waals surface area contributed by atoms with Crippen LogP contribution in [0.5, 0.6) is 0 Å². The lowest BCUT2D eigenvalue weighted by Gasteiger charge is -2.35. The smallest absolute Gasteiger partial charge is 0.00912 e. The topological polar surface area (TPSA) is 0 Å². The van der Waals surface area contributed by atoms with Crippen LogP contribution in [0.3, 0.4) is 0 Å². The molecule has 0 aromatic heterocycles. The van der Waals surface area contributed by atoms with Crippen LogP contribution in [0.4, 0.5) is 0 Å². The van der Waals surface area contributed by atoms with Crippen molar-refractivity contribution in [2.45, 2.75) is 186 Å². The Morgan fingerprint density at radius 1 is 0.316 bits per heavy atom. The third-order valence-electron chi connectivity index (χ3n) is 15.5. The van der Waals surface area contributed by atoms with E-state index in [2.05, 4.69) is 193 Å². The van der Waals surface area contributed by atoms with E-state index in [9.17, 15) is 0 Å². The third-order valence-corrected chi connectivity index (χ3v) is 15.5. The number of rotatable bonds is 14. The van der Waals surface area contributed by atoms with Gasteiger partial charge in [-0.15, -0.1) is 0 Å². The highest BCUT2D eigenvalue weighted by molar-refractivity contribution is 5.50. The molecule has 10 atom stereocenters. The van der Waals surface area contributed by atoms with Crippen molar-refractivity contribution in [2.24, 2.45) is 130 Å². The molecule has 0 aliphatic heterocycles. The van der Waals surface area contributed by atoms with Gasteiger partial charge >= 0.3 is 0 Å². The van der Waals surface area contributed by atoms with Gasteiger partial charge in [0.2, 0.25) is 0 Å². The average Bonchev–Trinajstić information content (AvgIpc) is 3.75. The first-order valence-electron chi connectivity index (χ1n) is 24.8. The van der Waals surface area contributed by atoms with Crippen LogP contribution in [0.1, 0.15) is 186 Å². The molecule has 0 aromatic carbocycles. The average molecular weight is 791 g/mol. The number of allylic oxidation sites excluding steroid dienone is 6. The second-order valence-electron chi connectivity index (χ2n) is 24.0. The molecule has 0 heterocycles. The standard InChI is InChI=1S/2C20H38.C17H30/c2*1-11(2)16-17(12(3)4)19(14(7)8)20(15(9)10)18(16)13(5)6;1-10(2)14-9-15(11(3)4)17(13(7)8)16(14)12(5)6/h2*12-20H,1H2,2-10H3;10-13H,9H2,1-8H3/t2*16?,17-,18+,19-,20?;/m10./s1. The van der Waals surface area contributed by atoms with E-state index in [4.69, 9.17) is 0 Å². The van der Waals surface area contributed by atoms with E-state index in [1.165, 1.54) is 17.6 Å². The molecule has 2 fully saturated rings. The van der Waals surface area contributed by atoms with Crippen molar-refractivity contribution in [1.29, 1.82) is 0 Å². The van der Waals surface area contributed by atoms with Crippen molar-refractivity contribution in [2.75, 3.05) is 0 Å². The zero-order valence-corrected chi connectivity index (χ0v) is 43.8. The molecule has 0 bridgehead atoms. The maximum Gasteiger partial charge on any atom is -0.00912 e. The fourth-order valence-corrected chi connectivity index (χ4v) is 13.9. The summed E-state index contributed by atoms with van der Waals surface area (Å²) in [6.45, 7) is 71.0. The van der Waals surface area contributed by atoms with Crippen LogP contribution in [-0.4, -0.2) is 0 Å². The van der Waals surface area contributed by atoms with Crippen LogP contribution in [0, 0.1) is 130 Å². The molecule has 0 radical (unpaired) electrons. The van der Waals surface area contributed by atoms with Gasteiger partial charge in [0.15, 0.2) is 0 Å². The lowest BCUT2D eigenvalue weighted by atomic mass is 9.70. The van der Waals surface area contributed by atoms with Gasteiger partial charge < -0.3 is 0 Å². The predicted octanol–water partition coefficient (Wildman–Crippen LogP) is 18.2. The highest BCUT2D eigenvalue weighted by Gasteiger charge is 2.55. The fourth-order valence-electron chi connectivity index (χ4n) is 13.9. The van der Waals surface area contributed by atoms with E-state index in [1.807, 2.05) is 0 Å². The molecule has 0 saturated heterocycles. The lowest BCUT2D eigenvalue weighted by molar-refractivity contribution is 0.131. The monoisotopic (exact) mass is 791 g/mol. The summed E-state index contributed by atoms with van der Waals surface area (Å²) in [5.74, 6) is 17.0. The molecule has 2 saturated carbocycles. The predicted molar refractivity (Wildman–Crippen MR) is 261 cm³/mol. The minimum atomic E-state index is 0.668. The van der Waals surface area contributed by atoms with Crippen LogP contribution in [0.15, 0.2) is 46.6 Å². The Balaban J connectivity index is 0.000000429. The molecular formula is C57H106. The van der Waals surface area contributed by atoms with E-state index >= 15 is 0 Å². The van der Waals surface area contributed by atoms with Gasteiger partial charge in [0, 0.05) is 0 Å². The maximum atomic E-state index is 4.39. The van der Waals surface area contributed by atoms with Crippen molar-refractivity contribution >= 4 is 0 Å². The van der Waals surface area contributed by atoms with Crippen molar-refractivity contribution in [3.8, 4) is 0 Å². The Hall–Kier alpha value is -1.04. The second kappa shape index (κ2) is 22.7. The molecule has 0 aromatic rings. The third kappa shape index (κ3) is 12.5. The first-order chi connectivity index (χ1) is 26.0. The van der Waals surface area contributed by atoms with Gasteiger partial charge in [0.05, 0.1) is 0 Å². The Bertz CT molecular complexity index is 1140. The Kier molecular flexibility index (Phi) is 21.5. The zero-order valence-electron chi connectivity index (χ0n) is 43.8. The molecule has 0 nitrogen and oxygen atoms in total.